The Balaban J connectivity index is 3.46. The molecule has 16 heavy (non-hydrogen) atoms. The maximum atomic E-state index is 11.8. The molecular weight excluding hydrogens is 243 g/mol. The van der Waals surface area contributed by atoms with Crippen molar-refractivity contribution in [3.05, 3.63) is 0 Å². The summed E-state index contributed by atoms with van der Waals surface area (Å²) < 4.78 is 45.7. The van der Waals surface area contributed by atoms with Crippen LogP contribution in [-0.2, 0) is 9.47 Å². The molecule has 0 fully saturated rings. The molecule has 0 unspecified atom stereocenters. The predicted octanol–water partition coefficient (Wildman–Crippen LogP) is 2.23. The number of thioether (sulfide) groups is 1. The molecule has 0 saturated heterocycles. The van der Waals surface area contributed by atoms with E-state index in [4.69, 9.17) is 9.47 Å². The van der Waals surface area contributed by atoms with Crippen molar-refractivity contribution in [2.24, 2.45) is 0 Å². The van der Waals surface area contributed by atoms with Crippen molar-refractivity contribution in [2.75, 3.05) is 32.1 Å². The first-order valence-electron chi connectivity index (χ1n) is 5.14. The summed E-state index contributed by atoms with van der Waals surface area (Å²) in [6, 6.07) is 0. The summed E-state index contributed by atoms with van der Waals surface area (Å²) in [6.45, 7) is 5.39. The van der Waals surface area contributed by atoms with Crippen LogP contribution in [0.15, 0.2) is 0 Å². The third-order valence-corrected chi connectivity index (χ3v) is 2.30. The molecule has 0 rings (SSSR count). The maximum Gasteiger partial charge on any atom is 0.441 e. The molecule has 0 aliphatic heterocycles. The molecule has 0 heterocycles. The Bertz CT molecular complexity index is 163. The van der Waals surface area contributed by atoms with Gasteiger partial charge in [0.1, 0.15) is 0 Å². The van der Waals surface area contributed by atoms with Crippen molar-refractivity contribution < 1.29 is 22.6 Å². The van der Waals surface area contributed by atoms with Gasteiger partial charge in [0.25, 0.3) is 0 Å². The van der Waals surface area contributed by atoms with Gasteiger partial charge in [-0.15, -0.1) is 0 Å². The van der Waals surface area contributed by atoms with Gasteiger partial charge in [0.15, 0.2) is 6.29 Å². The van der Waals surface area contributed by atoms with E-state index in [0.29, 0.717) is 19.8 Å². The highest BCUT2D eigenvalue weighted by molar-refractivity contribution is 8.00. The van der Waals surface area contributed by atoms with Crippen LogP contribution in [0.1, 0.15) is 13.8 Å². The summed E-state index contributed by atoms with van der Waals surface area (Å²) in [6.07, 6.45) is -0.383. The molecule has 0 aliphatic carbocycles. The molecule has 0 aliphatic rings. The van der Waals surface area contributed by atoms with Crippen LogP contribution in [0.25, 0.3) is 0 Å². The first kappa shape index (κ1) is 16.0. The number of nitrogens with one attached hydrogen (secondary N) is 1. The highest BCUT2D eigenvalue weighted by atomic mass is 32.2. The molecule has 0 radical (unpaired) electrons. The van der Waals surface area contributed by atoms with E-state index < -0.39 is 5.51 Å². The summed E-state index contributed by atoms with van der Waals surface area (Å²) in [5, 5.41) is 2.86. The molecule has 7 heteroatoms. The normalized spacial score (nSPS) is 12.4. The molecule has 0 bridgehead atoms. The Labute approximate surface area is 98.1 Å². The molecule has 0 aromatic carbocycles. The van der Waals surface area contributed by atoms with E-state index in [0.717, 1.165) is 0 Å². The van der Waals surface area contributed by atoms with E-state index in [1.54, 1.807) is 0 Å². The van der Waals surface area contributed by atoms with Crippen LogP contribution in [0, 0.1) is 0 Å². The van der Waals surface area contributed by atoms with E-state index in [2.05, 4.69) is 5.32 Å². The highest BCUT2D eigenvalue weighted by Gasteiger charge is 2.27. The Kier molecular flexibility index (Phi) is 9.10. The van der Waals surface area contributed by atoms with Crippen molar-refractivity contribution in [1.29, 1.82) is 0 Å². The van der Waals surface area contributed by atoms with Gasteiger partial charge in [-0.25, -0.2) is 0 Å². The van der Waals surface area contributed by atoms with Crippen molar-refractivity contribution in [3.63, 3.8) is 0 Å². The Morgan fingerprint density at radius 2 is 1.75 bits per heavy atom. The van der Waals surface area contributed by atoms with Crippen LogP contribution >= 0.6 is 11.8 Å². The van der Waals surface area contributed by atoms with Gasteiger partial charge >= 0.3 is 5.51 Å². The largest absolute Gasteiger partial charge is 0.441 e. The quantitative estimate of drug-likeness (QED) is 0.509. The minimum Gasteiger partial charge on any atom is -0.352 e. The average molecular weight is 261 g/mol. The van der Waals surface area contributed by atoms with Gasteiger partial charge in [-0.05, 0) is 25.6 Å². The highest BCUT2D eigenvalue weighted by Crippen LogP contribution is 2.29. The lowest BCUT2D eigenvalue weighted by molar-refractivity contribution is -0.132. The lowest BCUT2D eigenvalue weighted by Crippen LogP contribution is -2.33. The molecule has 0 amide bonds. The van der Waals surface area contributed by atoms with Gasteiger partial charge in [-0.3, -0.25) is 0 Å². The molecule has 0 aromatic heterocycles. The first-order valence-corrected chi connectivity index (χ1v) is 6.12. The number of ether oxygens (including phenoxy) is 2. The molecular formula is C9H18F3NO2S. The molecule has 98 valence electrons. The molecule has 0 aromatic rings. The standard InChI is InChI=1S/C9H18F3NO2S/c1-3-14-8(15-4-2)7-13-5-6-16-9(10,11)12/h8,13H,3-7H2,1-2H3. The third-order valence-electron chi connectivity index (χ3n) is 1.56. The number of hydrogen-bond donors (Lipinski definition) is 1. The number of alkyl halides is 3. The zero-order chi connectivity index (χ0) is 12.4. The van der Waals surface area contributed by atoms with Crippen molar-refractivity contribution >= 4 is 11.8 Å². The summed E-state index contributed by atoms with van der Waals surface area (Å²) in [5.41, 5.74) is -4.15. The fourth-order valence-corrected chi connectivity index (χ4v) is 1.47. The van der Waals surface area contributed by atoms with Crippen LogP contribution < -0.4 is 5.32 Å². The van der Waals surface area contributed by atoms with Gasteiger partial charge in [-0.1, -0.05) is 0 Å². The molecule has 0 atom stereocenters. The lowest BCUT2D eigenvalue weighted by Gasteiger charge is -2.17. The van der Waals surface area contributed by atoms with Gasteiger partial charge < -0.3 is 14.8 Å². The monoisotopic (exact) mass is 261 g/mol. The van der Waals surface area contributed by atoms with Crippen LogP contribution in [0.4, 0.5) is 13.2 Å². The SMILES string of the molecule is CCOC(CNCCSC(F)(F)F)OCC. The minimum atomic E-state index is -4.15. The Morgan fingerprint density at radius 1 is 1.19 bits per heavy atom. The van der Waals surface area contributed by atoms with Gasteiger partial charge in [0.05, 0.1) is 0 Å². The van der Waals surface area contributed by atoms with Gasteiger partial charge in [-0.2, -0.15) is 13.2 Å². The zero-order valence-corrected chi connectivity index (χ0v) is 10.3. The Morgan fingerprint density at radius 3 is 2.19 bits per heavy atom. The van der Waals surface area contributed by atoms with Crippen LogP contribution in [-0.4, -0.2) is 43.9 Å². The topological polar surface area (TPSA) is 30.5 Å². The van der Waals surface area contributed by atoms with Gasteiger partial charge in [0, 0.05) is 32.1 Å². The second-order valence-electron chi connectivity index (χ2n) is 2.84. The number of rotatable bonds is 9. The van der Waals surface area contributed by atoms with Crippen molar-refractivity contribution in [2.45, 2.75) is 25.6 Å². The number of hydrogen-bond acceptors (Lipinski definition) is 4. The predicted molar refractivity (Wildman–Crippen MR) is 58.4 cm³/mol. The minimum absolute atomic E-state index is 0.00549. The van der Waals surface area contributed by atoms with E-state index in [1.807, 2.05) is 13.8 Å². The fourth-order valence-electron chi connectivity index (χ4n) is 0.997. The van der Waals surface area contributed by atoms with E-state index in [-0.39, 0.29) is 30.3 Å². The van der Waals surface area contributed by atoms with E-state index in [9.17, 15) is 13.2 Å². The summed E-state index contributed by atoms with van der Waals surface area (Å²) >= 11 is -0.0322. The van der Waals surface area contributed by atoms with Gasteiger partial charge in [0.2, 0.25) is 0 Å². The van der Waals surface area contributed by atoms with Crippen molar-refractivity contribution in [3.8, 4) is 0 Å². The maximum absolute atomic E-state index is 11.8. The first-order chi connectivity index (χ1) is 7.49. The van der Waals surface area contributed by atoms with Crippen LogP contribution in [0.5, 0.6) is 0 Å². The number of halogens is 3. The van der Waals surface area contributed by atoms with Crippen molar-refractivity contribution in [1.82, 2.24) is 5.32 Å². The smallest absolute Gasteiger partial charge is 0.352 e. The third kappa shape index (κ3) is 10.5. The van der Waals surface area contributed by atoms with E-state index >= 15 is 0 Å². The Hall–Kier alpha value is 0.0200. The summed E-state index contributed by atoms with van der Waals surface area (Å²) in [5.74, 6) is -0.00549. The lowest BCUT2D eigenvalue weighted by atomic mass is 10.5. The zero-order valence-electron chi connectivity index (χ0n) is 9.47. The molecule has 3 nitrogen and oxygen atoms in total. The van der Waals surface area contributed by atoms with Crippen LogP contribution in [0.3, 0.4) is 0 Å². The average Bonchev–Trinajstić information content (AvgIpc) is 2.16. The van der Waals surface area contributed by atoms with E-state index in [1.165, 1.54) is 0 Å². The van der Waals surface area contributed by atoms with Crippen LogP contribution in [0.2, 0.25) is 0 Å². The molecule has 1 N–H and O–H groups in total. The second kappa shape index (κ2) is 9.09. The fraction of sp³-hybridized carbons (Fsp3) is 1.00. The molecule has 0 saturated carbocycles. The molecule has 0 spiro atoms. The summed E-state index contributed by atoms with van der Waals surface area (Å²) in [7, 11) is 0. The summed E-state index contributed by atoms with van der Waals surface area (Å²) in [4.78, 5) is 0. The second-order valence-corrected chi connectivity index (χ2v) is 4.00.